The first-order valence-electron chi connectivity index (χ1n) is 5.46. The van der Waals surface area contributed by atoms with Gasteiger partial charge in [-0.1, -0.05) is 0 Å². The minimum absolute atomic E-state index is 0.114. The Hall–Kier alpha value is -1.63. The van der Waals surface area contributed by atoms with Crippen LogP contribution in [-0.4, -0.2) is 53.0 Å². The molecule has 1 rings (SSSR count). The summed E-state index contributed by atoms with van der Waals surface area (Å²) in [6.45, 7) is 2.36. The van der Waals surface area contributed by atoms with Gasteiger partial charge in [0.1, 0.15) is 6.04 Å². The Kier molecular flexibility index (Phi) is 4.45. The molecule has 0 aromatic rings. The van der Waals surface area contributed by atoms with Gasteiger partial charge in [-0.25, -0.2) is 0 Å². The maximum absolute atomic E-state index is 11.8. The predicted octanol–water partition coefficient (Wildman–Crippen LogP) is -1.47. The third-order valence-corrected chi connectivity index (χ3v) is 2.52. The molecule has 7 nitrogen and oxygen atoms in total. The summed E-state index contributed by atoms with van der Waals surface area (Å²) in [6.07, 6.45) is -0.264. The van der Waals surface area contributed by atoms with E-state index < -0.39 is 17.9 Å². The molecule has 2 amide bonds. The smallest absolute Gasteiger partial charge is 0.305 e. The molecule has 2 unspecified atom stereocenters. The van der Waals surface area contributed by atoms with Gasteiger partial charge in [-0.05, 0) is 6.92 Å². The number of piperazine rings is 1. The molecule has 1 fully saturated rings. The Morgan fingerprint density at radius 3 is 2.82 bits per heavy atom. The molecule has 0 saturated carbocycles. The Morgan fingerprint density at radius 2 is 2.29 bits per heavy atom. The van der Waals surface area contributed by atoms with Crippen LogP contribution in [0.4, 0.5) is 0 Å². The lowest BCUT2D eigenvalue weighted by atomic mass is 10.1. The van der Waals surface area contributed by atoms with Crippen LogP contribution >= 0.6 is 0 Å². The minimum atomic E-state index is -1.11. The van der Waals surface area contributed by atoms with Gasteiger partial charge in [0.15, 0.2) is 0 Å². The number of carbonyl (C=O) groups is 3. The van der Waals surface area contributed by atoms with Crippen molar-refractivity contribution in [2.45, 2.75) is 31.8 Å². The van der Waals surface area contributed by atoms with Crippen LogP contribution in [0.1, 0.15) is 19.8 Å². The predicted molar refractivity (Wildman–Crippen MR) is 59.0 cm³/mol. The zero-order valence-corrected chi connectivity index (χ0v) is 9.68. The lowest BCUT2D eigenvalue weighted by molar-refractivity contribution is -0.148. The van der Waals surface area contributed by atoms with Crippen molar-refractivity contribution in [3.8, 4) is 0 Å². The van der Waals surface area contributed by atoms with Crippen molar-refractivity contribution in [2.24, 2.45) is 5.73 Å². The second-order valence-corrected chi connectivity index (χ2v) is 4.17. The van der Waals surface area contributed by atoms with E-state index in [0.717, 1.165) is 0 Å². The van der Waals surface area contributed by atoms with Gasteiger partial charge in [0.2, 0.25) is 11.8 Å². The summed E-state index contributed by atoms with van der Waals surface area (Å²) < 4.78 is 0. The van der Waals surface area contributed by atoms with E-state index in [-0.39, 0.29) is 24.8 Å². The standard InChI is InChI=1S/C10H17N3O4/c1-6(11)4-8(14)13-3-2-12-10(17)7(13)5-9(15)16/h6-7H,2-5,11H2,1H3,(H,12,17)(H,15,16). The Bertz CT molecular complexity index is 330. The normalized spacial score (nSPS) is 21.9. The highest BCUT2D eigenvalue weighted by Gasteiger charge is 2.34. The van der Waals surface area contributed by atoms with Gasteiger partial charge in [-0.15, -0.1) is 0 Å². The number of nitrogens with two attached hydrogens (primary N) is 1. The molecular formula is C10H17N3O4. The SMILES string of the molecule is CC(N)CC(=O)N1CCNC(=O)C1CC(=O)O. The Morgan fingerprint density at radius 1 is 1.65 bits per heavy atom. The van der Waals surface area contributed by atoms with Gasteiger partial charge >= 0.3 is 5.97 Å². The molecular weight excluding hydrogens is 226 g/mol. The number of nitrogens with zero attached hydrogens (tertiary/aromatic N) is 1. The van der Waals surface area contributed by atoms with E-state index in [1.165, 1.54) is 4.90 Å². The van der Waals surface area contributed by atoms with Crippen LogP contribution in [0, 0.1) is 0 Å². The summed E-state index contributed by atoms with van der Waals surface area (Å²) >= 11 is 0. The van der Waals surface area contributed by atoms with Crippen molar-refractivity contribution in [2.75, 3.05) is 13.1 Å². The number of carboxylic acids is 1. The van der Waals surface area contributed by atoms with Crippen LogP contribution in [0.15, 0.2) is 0 Å². The van der Waals surface area contributed by atoms with Crippen LogP contribution < -0.4 is 11.1 Å². The maximum Gasteiger partial charge on any atom is 0.305 e. The quantitative estimate of drug-likeness (QED) is 0.557. The van der Waals surface area contributed by atoms with Gasteiger partial charge in [0.05, 0.1) is 6.42 Å². The molecule has 17 heavy (non-hydrogen) atoms. The number of nitrogens with one attached hydrogen (secondary N) is 1. The molecule has 0 radical (unpaired) electrons. The minimum Gasteiger partial charge on any atom is -0.481 e. The Balaban J connectivity index is 2.74. The number of rotatable bonds is 4. The van der Waals surface area contributed by atoms with Crippen molar-refractivity contribution in [1.29, 1.82) is 0 Å². The number of hydrogen-bond donors (Lipinski definition) is 3. The van der Waals surface area contributed by atoms with Crippen LogP contribution in [-0.2, 0) is 14.4 Å². The van der Waals surface area contributed by atoms with Crippen molar-refractivity contribution < 1.29 is 19.5 Å². The summed E-state index contributed by atoms with van der Waals surface area (Å²) in [5, 5.41) is 11.3. The van der Waals surface area contributed by atoms with E-state index in [9.17, 15) is 14.4 Å². The van der Waals surface area contributed by atoms with Gasteiger partial charge < -0.3 is 21.1 Å². The molecule has 0 spiro atoms. The molecule has 0 aromatic carbocycles. The van der Waals surface area contributed by atoms with Gasteiger partial charge in [0, 0.05) is 25.6 Å². The third kappa shape index (κ3) is 3.70. The summed E-state index contributed by atoms with van der Waals surface area (Å²) in [5.74, 6) is -1.80. The van der Waals surface area contributed by atoms with E-state index in [4.69, 9.17) is 10.8 Å². The van der Waals surface area contributed by atoms with Crippen molar-refractivity contribution in [1.82, 2.24) is 10.2 Å². The van der Waals surface area contributed by atoms with Crippen LogP contribution in [0.3, 0.4) is 0 Å². The lowest BCUT2D eigenvalue weighted by Crippen LogP contribution is -2.58. The monoisotopic (exact) mass is 243 g/mol. The molecule has 0 aliphatic carbocycles. The van der Waals surface area contributed by atoms with Gasteiger partial charge in [0.25, 0.3) is 0 Å². The van der Waals surface area contributed by atoms with E-state index in [1.54, 1.807) is 6.92 Å². The third-order valence-electron chi connectivity index (χ3n) is 2.52. The van der Waals surface area contributed by atoms with E-state index in [1.807, 2.05) is 0 Å². The van der Waals surface area contributed by atoms with Crippen molar-refractivity contribution >= 4 is 17.8 Å². The van der Waals surface area contributed by atoms with E-state index in [0.29, 0.717) is 13.1 Å². The fraction of sp³-hybridized carbons (Fsp3) is 0.700. The van der Waals surface area contributed by atoms with Gasteiger partial charge in [-0.3, -0.25) is 14.4 Å². The van der Waals surface area contributed by atoms with E-state index in [2.05, 4.69) is 5.32 Å². The zero-order chi connectivity index (χ0) is 13.0. The van der Waals surface area contributed by atoms with Crippen molar-refractivity contribution in [3.63, 3.8) is 0 Å². The molecule has 1 saturated heterocycles. The molecule has 4 N–H and O–H groups in total. The fourth-order valence-electron chi connectivity index (χ4n) is 1.77. The van der Waals surface area contributed by atoms with Crippen molar-refractivity contribution in [3.05, 3.63) is 0 Å². The summed E-state index contributed by atoms with van der Waals surface area (Å²) in [4.78, 5) is 35.3. The summed E-state index contributed by atoms with van der Waals surface area (Å²) in [5.41, 5.74) is 5.52. The number of hydrogen-bond acceptors (Lipinski definition) is 4. The average Bonchev–Trinajstić information content (AvgIpc) is 2.19. The first kappa shape index (κ1) is 13.4. The Labute approximate surface area is 98.9 Å². The molecule has 2 atom stereocenters. The average molecular weight is 243 g/mol. The second kappa shape index (κ2) is 5.62. The van der Waals surface area contributed by atoms with Crippen LogP contribution in [0.5, 0.6) is 0 Å². The first-order chi connectivity index (χ1) is 7.91. The van der Waals surface area contributed by atoms with Gasteiger partial charge in [-0.2, -0.15) is 0 Å². The fourth-order valence-corrected chi connectivity index (χ4v) is 1.77. The molecule has 1 aliphatic heterocycles. The molecule has 1 aliphatic rings. The number of carboxylic acid groups (broad SMARTS) is 1. The summed E-state index contributed by atoms with van der Waals surface area (Å²) in [6, 6.07) is -1.23. The van der Waals surface area contributed by atoms with E-state index >= 15 is 0 Å². The number of amides is 2. The van der Waals surface area contributed by atoms with Crippen LogP contribution in [0.25, 0.3) is 0 Å². The first-order valence-corrected chi connectivity index (χ1v) is 5.46. The molecule has 1 heterocycles. The highest BCUT2D eigenvalue weighted by atomic mass is 16.4. The second-order valence-electron chi connectivity index (χ2n) is 4.17. The summed E-state index contributed by atoms with van der Waals surface area (Å²) in [7, 11) is 0. The number of aliphatic carboxylic acids is 1. The van der Waals surface area contributed by atoms with Crippen LogP contribution in [0.2, 0.25) is 0 Å². The topological polar surface area (TPSA) is 113 Å². The zero-order valence-electron chi connectivity index (χ0n) is 9.68. The largest absolute Gasteiger partial charge is 0.481 e. The maximum atomic E-state index is 11.8. The molecule has 0 aromatic heterocycles. The highest BCUT2D eigenvalue weighted by Crippen LogP contribution is 2.11. The molecule has 7 heteroatoms. The lowest BCUT2D eigenvalue weighted by Gasteiger charge is -2.34. The number of carbonyl (C=O) groups excluding carboxylic acids is 2. The molecule has 0 bridgehead atoms. The molecule has 96 valence electrons. The highest BCUT2D eigenvalue weighted by molar-refractivity contribution is 5.91.